The molecule has 0 aliphatic rings. The number of thiocarbonyl (C=S) groups is 1. The molecular formula is C15H12BrClN2OS. The van der Waals surface area contributed by atoms with E-state index in [-0.39, 0.29) is 17.3 Å². The first-order valence-electron chi connectivity index (χ1n) is 6.09. The highest BCUT2D eigenvalue weighted by Gasteiger charge is 2.09. The zero-order valence-electron chi connectivity index (χ0n) is 10.9. The second-order valence-corrected chi connectivity index (χ2v) is 6.17. The van der Waals surface area contributed by atoms with Gasteiger partial charge in [-0.25, -0.2) is 0 Å². The number of amides is 1. The maximum Gasteiger partial charge on any atom is 0.228 e. The van der Waals surface area contributed by atoms with Crippen molar-refractivity contribution in [3.8, 4) is 0 Å². The predicted molar refractivity (Wildman–Crippen MR) is 93.8 cm³/mol. The Labute approximate surface area is 141 Å². The first-order chi connectivity index (χ1) is 9.95. The molecule has 2 aromatic carbocycles. The van der Waals surface area contributed by atoms with Gasteiger partial charge in [-0.2, -0.15) is 0 Å². The first-order valence-corrected chi connectivity index (χ1v) is 7.67. The van der Waals surface area contributed by atoms with Crippen LogP contribution in [0.3, 0.4) is 0 Å². The van der Waals surface area contributed by atoms with E-state index in [1.807, 2.05) is 24.3 Å². The van der Waals surface area contributed by atoms with Gasteiger partial charge in [0, 0.05) is 10.0 Å². The molecule has 2 aromatic rings. The molecule has 0 aliphatic carbocycles. The maximum atomic E-state index is 12.1. The lowest BCUT2D eigenvalue weighted by molar-refractivity contribution is -0.115. The van der Waals surface area contributed by atoms with Crippen LogP contribution in [-0.4, -0.2) is 10.9 Å². The summed E-state index contributed by atoms with van der Waals surface area (Å²) >= 11 is 14.3. The van der Waals surface area contributed by atoms with Crippen LogP contribution in [0, 0.1) is 0 Å². The van der Waals surface area contributed by atoms with Crippen LogP contribution >= 0.6 is 39.7 Å². The molecule has 0 spiro atoms. The minimum absolute atomic E-state index is 0.153. The van der Waals surface area contributed by atoms with Crippen molar-refractivity contribution in [2.75, 3.05) is 5.32 Å². The fourth-order valence-electron chi connectivity index (χ4n) is 1.76. The van der Waals surface area contributed by atoms with E-state index in [0.29, 0.717) is 16.3 Å². The lowest BCUT2D eigenvalue weighted by atomic mass is 10.1. The minimum Gasteiger partial charge on any atom is -0.389 e. The molecule has 0 aromatic heterocycles. The molecule has 0 saturated heterocycles. The third kappa shape index (κ3) is 4.52. The number of nitrogens with one attached hydrogen (secondary N) is 1. The topological polar surface area (TPSA) is 55.1 Å². The van der Waals surface area contributed by atoms with Crippen molar-refractivity contribution in [1.82, 2.24) is 0 Å². The van der Waals surface area contributed by atoms with Gasteiger partial charge in [-0.1, -0.05) is 57.9 Å². The average molecular weight is 384 g/mol. The smallest absolute Gasteiger partial charge is 0.228 e. The lowest BCUT2D eigenvalue weighted by Crippen LogP contribution is -2.16. The summed E-state index contributed by atoms with van der Waals surface area (Å²) in [7, 11) is 0. The summed E-state index contributed by atoms with van der Waals surface area (Å²) in [6.07, 6.45) is 0.265. The summed E-state index contributed by atoms with van der Waals surface area (Å²) in [5.74, 6) is -0.153. The van der Waals surface area contributed by atoms with Gasteiger partial charge in [0.2, 0.25) is 5.91 Å². The summed E-state index contributed by atoms with van der Waals surface area (Å²) in [4.78, 5) is 12.3. The maximum absolute atomic E-state index is 12.1. The van der Waals surface area contributed by atoms with E-state index < -0.39 is 0 Å². The SMILES string of the molecule is NC(=S)c1ccc(Cl)c(NC(=O)Cc2ccc(Br)cc2)c1. The Morgan fingerprint density at radius 1 is 1.24 bits per heavy atom. The van der Waals surface area contributed by atoms with E-state index >= 15 is 0 Å². The van der Waals surface area contributed by atoms with Crippen LogP contribution < -0.4 is 11.1 Å². The largest absolute Gasteiger partial charge is 0.389 e. The van der Waals surface area contributed by atoms with Gasteiger partial charge < -0.3 is 11.1 Å². The Kier molecular flexibility index (Phi) is 5.33. The third-order valence-corrected chi connectivity index (χ3v) is 3.90. The number of hydrogen-bond acceptors (Lipinski definition) is 2. The number of benzene rings is 2. The quantitative estimate of drug-likeness (QED) is 0.787. The van der Waals surface area contributed by atoms with Crippen LogP contribution in [0.4, 0.5) is 5.69 Å². The second-order valence-electron chi connectivity index (χ2n) is 4.41. The highest BCUT2D eigenvalue weighted by molar-refractivity contribution is 9.10. The van der Waals surface area contributed by atoms with Gasteiger partial charge in [-0.3, -0.25) is 4.79 Å². The molecule has 3 N–H and O–H groups in total. The number of carbonyl (C=O) groups excluding carboxylic acids is 1. The Balaban J connectivity index is 2.10. The molecule has 0 unspecified atom stereocenters. The number of anilines is 1. The van der Waals surface area contributed by atoms with Crippen molar-refractivity contribution in [2.24, 2.45) is 5.73 Å². The monoisotopic (exact) mass is 382 g/mol. The normalized spacial score (nSPS) is 10.2. The van der Waals surface area contributed by atoms with E-state index in [1.165, 1.54) is 0 Å². The molecule has 0 bridgehead atoms. The molecule has 0 radical (unpaired) electrons. The van der Waals surface area contributed by atoms with Crippen molar-refractivity contribution in [1.29, 1.82) is 0 Å². The van der Waals surface area contributed by atoms with Crippen molar-refractivity contribution < 1.29 is 4.79 Å². The van der Waals surface area contributed by atoms with E-state index in [9.17, 15) is 4.79 Å². The predicted octanol–water partition coefficient (Wildman–Crippen LogP) is 3.92. The van der Waals surface area contributed by atoms with Crippen molar-refractivity contribution >= 4 is 56.3 Å². The van der Waals surface area contributed by atoms with E-state index in [1.54, 1.807) is 18.2 Å². The number of rotatable bonds is 4. The van der Waals surface area contributed by atoms with Crippen LogP contribution in [0.2, 0.25) is 5.02 Å². The zero-order valence-corrected chi connectivity index (χ0v) is 14.1. The van der Waals surface area contributed by atoms with Crippen LogP contribution in [-0.2, 0) is 11.2 Å². The molecule has 0 aliphatic heterocycles. The van der Waals surface area contributed by atoms with Crippen LogP contribution in [0.5, 0.6) is 0 Å². The van der Waals surface area contributed by atoms with Gasteiger partial charge in [0.05, 0.1) is 17.1 Å². The summed E-state index contributed by atoms with van der Waals surface area (Å²) in [5, 5.41) is 3.21. The summed E-state index contributed by atoms with van der Waals surface area (Å²) < 4.78 is 0.971. The molecule has 0 fully saturated rings. The van der Waals surface area contributed by atoms with Crippen molar-refractivity contribution in [3.05, 3.63) is 63.1 Å². The summed E-state index contributed by atoms with van der Waals surface area (Å²) in [5.41, 5.74) is 7.65. The standard InChI is InChI=1S/C15H12BrClN2OS/c16-11-4-1-9(2-5-11)7-14(20)19-13-8-10(15(18)21)3-6-12(13)17/h1-6,8H,7H2,(H2,18,21)(H,19,20). The van der Waals surface area contributed by atoms with Crippen molar-refractivity contribution in [3.63, 3.8) is 0 Å². The number of nitrogens with two attached hydrogens (primary N) is 1. The van der Waals surface area contributed by atoms with E-state index in [4.69, 9.17) is 29.6 Å². The average Bonchev–Trinajstić information content (AvgIpc) is 2.43. The van der Waals surface area contributed by atoms with Crippen molar-refractivity contribution in [2.45, 2.75) is 6.42 Å². The summed E-state index contributed by atoms with van der Waals surface area (Å²) in [6.45, 7) is 0. The van der Waals surface area contributed by atoms with E-state index in [0.717, 1.165) is 10.0 Å². The van der Waals surface area contributed by atoms with Gasteiger partial charge in [0.1, 0.15) is 4.99 Å². The van der Waals surface area contributed by atoms with Crippen LogP contribution in [0.1, 0.15) is 11.1 Å². The van der Waals surface area contributed by atoms with Gasteiger partial charge in [0.25, 0.3) is 0 Å². The van der Waals surface area contributed by atoms with Gasteiger partial charge in [-0.15, -0.1) is 0 Å². The molecule has 0 atom stereocenters. The lowest BCUT2D eigenvalue weighted by Gasteiger charge is -2.09. The molecule has 1 amide bonds. The zero-order chi connectivity index (χ0) is 15.4. The Bertz CT molecular complexity index is 689. The van der Waals surface area contributed by atoms with Crippen LogP contribution in [0.15, 0.2) is 46.9 Å². The summed E-state index contributed by atoms with van der Waals surface area (Å²) in [6, 6.07) is 12.6. The Morgan fingerprint density at radius 2 is 1.90 bits per heavy atom. The fraction of sp³-hybridized carbons (Fsp3) is 0.0667. The Morgan fingerprint density at radius 3 is 2.52 bits per heavy atom. The third-order valence-electron chi connectivity index (χ3n) is 2.80. The Hall–Kier alpha value is -1.43. The van der Waals surface area contributed by atoms with E-state index in [2.05, 4.69) is 21.2 Å². The molecule has 6 heteroatoms. The molecular weight excluding hydrogens is 372 g/mol. The molecule has 108 valence electrons. The fourth-order valence-corrected chi connectivity index (χ4v) is 2.31. The first kappa shape index (κ1) is 15.9. The highest BCUT2D eigenvalue weighted by Crippen LogP contribution is 2.23. The molecule has 0 heterocycles. The number of carbonyl (C=O) groups is 1. The molecule has 21 heavy (non-hydrogen) atoms. The minimum atomic E-state index is -0.153. The molecule has 0 saturated carbocycles. The van der Waals surface area contributed by atoms with Gasteiger partial charge in [-0.05, 0) is 29.8 Å². The molecule has 2 rings (SSSR count). The van der Waals surface area contributed by atoms with Gasteiger partial charge >= 0.3 is 0 Å². The second kappa shape index (κ2) is 7.02. The molecule has 3 nitrogen and oxygen atoms in total. The highest BCUT2D eigenvalue weighted by atomic mass is 79.9. The number of halogens is 2. The van der Waals surface area contributed by atoms with Gasteiger partial charge in [0.15, 0.2) is 0 Å². The number of hydrogen-bond donors (Lipinski definition) is 2. The van der Waals surface area contributed by atoms with Crippen LogP contribution in [0.25, 0.3) is 0 Å².